The van der Waals surface area contributed by atoms with Crippen molar-refractivity contribution in [1.29, 1.82) is 0 Å². The highest BCUT2D eigenvalue weighted by Gasteiger charge is 2.36. The molecule has 0 aromatic heterocycles. The van der Waals surface area contributed by atoms with Crippen molar-refractivity contribution in [1.82, 2.24) is 9.62 Å². The summed E-state index contributed by atoms with van der Waals surface area (Å²) in [6.07, 6.45) is -4.47. The lowest BCUT2D eigenvalue weighted by molar-refractivity contribution is -0.139. The second kappa shape index (κ2) is 7.93. The van der Waals surface area contributed by atoms with Crippen LogP contribution in [0.25, 0.3) is 0 Å². The van der Waals surface area contributed by atoms with Gasteiger partial charge in [-0.3, -0.25) is 9.69 Å². The van der Waals surface area contributed by atoms with E-state index in [1.54, 1.807) is 4.90 Å². The Labute approximate surface area is 150 Å². The SMILES string of the molecule is CCN(CC(=O)O)C1CC(NS(=O)(=O)c2ccc(CC(F)(F)F)cc2)C1. The minimum absolute atomic E-state index is 0.00189. The summed E-state index contributed by atoms with van der Waals surface area (Å²) in [6.45, 7) is 2.29. The van der Waals surface area contributed by atoms with E-state index in [0.717, 1.165) is 24.3 Å². The smallest absolute Gasteiger partial charge is 0.393 e. The summed E-state index contributed by atoms with van der Waals surface area (Å²) in [5, 5.41) is 8.85. The number of likely N-dealkylation sites (N-methyl/N-ethyl adjacent to an activating group) is 1. The van der Waals surface area contributed by atoms with Crippen LogP contribution < -0.4 is 4.72 Å². The number of sulfonamides is 1. The summed E-state index contributed by atoms with van der Waals surface area (Å²) >= 11 is 0. The summed E-state index contributed by atoms with van der Waals surface area (Å²) in [5.41, 5.74) is -0.00702. The number of carboxylic acids is 1. The average Bonchev–Trinajstić information content (AvgIpc) is 2.47. The molecular formula is C16H21F3N2O4S. The summed E-state index contributed by atoms with van der Waals surface area (Å²) in [7, 11) is -3.83. The van der Waals surface area contributed by atoms with Crippen molar-refractivity contribution < 1.29 is 31.5 Å². The molecule has 0 bridgehead atoms. The minimum atomic E-state index is -4.35. The molecule has 1 aliphatic rings. The first-order valence-corrected chi connectivity index (χ1v) is 9.62. The number of hydrogen-bond acceptors (Lipinski definition) is 4. The molecule has 0 atom stereocenters. The molecule has 1 saturated carbocycles. The number of nitrogens with zero attached hydrogens (tertiary/aromatic N) is 1. The first-order chi connectivity index (χ1) is 12.0. The van der Waals surface area contributed by atoms with Gasteiger partial charge in [0.25, 0.3) is 0 Å². The number of carboxylic acid groups (broad SMARTS) is 1. The van der Waals surface area contributed by atoms with Crippen LogP contribution in [0.2, 0.25) is 0 Å². The van der Waals surface area contributed by atoms with Crippen LogP contribution in [0, 0.1) is 0 Å². The molecule has 0 spiro atoms. The molecule has 2 rings (SSSR count). The molecule has 0 heterocycles. The normalized spacial score (nSPS) is 20.8. The Kier molecular flexibility index (Phi) is 6.30. The molecule has 0 aliphatic heterocycles. The summed E-state index contributed by atoms with van der Waals surface area (Å²) in [6, 6.07) is 4.29. The zero-order valence-electron chi connectivity index (χ0n) is 14.2. The number of aliphatic carboxylic acids is 1. The molecule has 1 fully saturated rings. The Morgan fingerprint density at radius 3 is 2.31 bits per heavy atom. The van der Waals surface area contributed by atoms with Gasteiger partial charge in [-0.2, -0.15) is 13.2 Å². The van der Waals surface area contributed by atoms with Crippen molar-refractivity contribution in [3.63, 3.8) is 0 Å². The van der Waals surface area contributed by atoms with Crippen LogP contribution in [0.3, 0.4) is 0 Å². The number of alkyl halides is 3. The Bertz CT molecular complexity index is 729. The topological polar surface area (TPSA) is 86.7 Å². The molecule has 10 heteroatoms. The van der Waals surface area contributed by atoms with Crippen molar-refractivity contribution in [3.05, 3.63) is 29.8 Å². The van der Waals surface area contributed by atoms with E-state index in [-0.39, 0.29) is 29.1 Å². The van der Waals surface area contributed by atoms with Crippen molar-refractivity contribution in [2.75, 3.05) is 13.1 Å². The third-order valence-electron chi connectivity index (χ3n) is 4.33. The fourth-order valence-corrected chi connectivity index (χ4v) is 4.22. The lowest BCUT2D eigenvalue weighted by Crippen LogP contribution is -2.54. The van der Waals surface area contributed by atoms with Gasteiger partial charge in [0.15, 0.2) is 0 Å². The van der Waals surface area contributed by atoms with Crippen LogP contribution in [0.15, 0.2) is 29.2 Å². The largest absolute Gasteiger partial charge is 0.480 e. The summed E-state index contributed by atoms with van der Waals surface area (Å²) in [4.78, 5) is 12.5. The van der Waals surface area contributed by atoms with Crippen LogP contribution in [-0.2, 0) is 21.2 Å². The highest BCUT2D eigenvalue weighted by Crippen LogP contribution is 2.27. The van der Waals surface area contributed by atoms with E-state index in [1.807, 2.05) is 6.92 Å². The molecule has 0 saturated heterocycles. The van der Waals surface area contributed by atoms with E-state index < -0.39 is 28.6 Å². The van der Waals surface area contributed by atoms with Gasteiger partial charge >= 0.3 is 12.1 Å². The van der Waals surface area contributed by atoms with Crippen LogP contribution >= 0.6 is 0 Å². The second-order valence-electron chi connectivity index (χ2n) is 6.34. The monoisotopic (exact) mass is 394 g/mol. The van der Waals surface area contributed by atoms with Gasteiger partial charge in [-0.25, -0.2) is 13.1 Å². The number of carbonyl (C=O) groups is 1. The second-order valence-corrected chi connectivity index (χ2v) is 8.05. The quantitative estimate of drug-likeness (QED) is 0.704. The fourth-order valence-electron chi connectivity index (χ4n) is 2.96. The van der Waals surface area contributed by atoms with Gasteiger partial charge in [-0.1, -0.05) is 19.1 Å². The van der Waals surface area contributed by atoms with Crippen molar-refractivity contribution >= 4 is 16.0 Å². The van der Waals surface area contributed by atoms with E-state index in [0.29, 0.717) is 19.4 Å². The molecule has 0 radical (unpaired) electrons. The Balaban J connectivity index is 1.93. The van der Waals surface area contributed by atoms with Gasteiger partial charge in [-0.15, -0.1) is 0 Å². The van der Waals surface area contributed by atoms with Gasteiger partial charge < -0.3 is 5.11 Å². The maximum atomic E-state index is 12.3. The lowest BCUT2D eigenvalue weighted by Gasteiger charge is -2.42. The molecule has 1 aromatic carbocycles. The number of rotatable bonds is 8. The van der Waals surface area contributed by atoms with E-state index in [4.69, 9.17) is 5.11 Å². The number of hydrogen-bond donors (Lipinski definition) is 2. The Morgan fingerprint density at radius 2 is 1.85 bits per heavy atom. The first kappa shape index (κ1) is 20.7. The van der Waals surface area contributed by atoms with Crippen molar-refractivity contribution in [2.24, 2.45) is 0 Å². The number of halogens is 3. The van der Waals surface area contributed by atoms with Gasteiger partial charge in [0.1, 0.15) is 0 Å². The molecule has 146 valence electrons. The average molecular weight is 394 g/mol. The minimum Gasteiger partial charge on any atom is -0.480 e. The van der Waals surface area contributed by atoms with Gasteiger partial charge in [0.05, 0.1) is 17.9 Å². The third kappa shape index (κ3) is 5.68. The van der Waals surface area contributed by atoms with Crippen LogP contribution in [0.1, 0.15) is 25.3 Å². The van der Waals surface area contributed by atoms with E-state index in [1.165, 1.54) is 0 Å². The Hall–Kier alpha value is -1.65. The molecule has 0 unspecified atom stereocenters. The van der Waals surface area contributed by atoms with Gasteiger partial charge in [0.2, 0.25) is 10.0 Å². The van der Waals surface area contributed by atoms with E-state index >= 15 is 0 Å². The van der Waals surface area contributed by atoms with Crippen LogP contribution in [0.4, 0.5) is 13.2 Å². The van der Waals surface area contributed by atoms with E-state index in [2.05, 4.69) is 4.72 Å². The molecule has 26 heavy (non-hydrogen) atoms. The van der Waals surface area contributed by atoms with Crippen molar-refractivity contribution in [3.8, 4) is 0 Å². The number of nitrogens with one attached hydrogen (secondary N) is 1. The maximum Gasteiger partial charge on any atom is 0.393 e. The summed E-state index contributed by atoms with van der Waals surface area (Å²) in [5.74, 6) is -0.935. The standard InChI is InChI=1S/C16H21F3N2O4S/c1-2-21(10-15(22)23)13-7-12(8-13)20-26(24,25)14-5-3-11(4-6-14)9-16(17,18)19/h3-6,12-13,20H,2,7-10H2,1H3,(H,22,23). The molecular weight excluding hydrogens is 373 g/mol. The predicted molar refractivity (Wildman–Crippen MR) is 88.2 cm³/mol. The summed E-state index contributed by atoms with van der Waals surface area (Å²) < 4.78 is 64.2. The molecule has 1 aliphatic carbocycles. The highest BCUT2D eigenvalue weighted by atomic mass is 32.2. The Morgan fingerprint density at radius 1 is 1.27 bits per heavy atom. The highest BCUT2D eigenvalue weighted by molar-refractivity contribution is 7.89. The molecule has 6 nitrogen and oxygen atoms in total. The third-order valence-corrected chi connectivity index (χ3v) is 5.87. The molecule has 0 amide bonds. The fraction of sp³-hybridized carbons (Fsp3) is 0.562. The predicted octanol–water partition coefficient (Wildman–Crippen LogP) is 2.01. The lowest BCUT2D eigenvalue weighted by atomic mass is 9.86. The number of benzene rings is 1. The zero-order valence-corrected chi connectivity index (χ0v) is 15.0. The first-order valence-electron chi connectivity index (χ1n) is 8.14. The molecule has 2 N–H and O–H groups in total. The van der Waals surface area contributed by atoms with Crippen LogP contribution in [0.5, 0.6) is 0 Å². The maximum absolute atomic E-state index is 12.3. The molecule has 1 aromatic rings. The van der Waals surface area contributed by atoms with Crippen LogP contribution in [-0.4, -0.2) is 55.7 Å². The van der Waals surface area contributed by atoms with Gasteiger partial charge in [0, 0.05) is 12.1 Å². The van der Waals surface area contributed by atoms with E-state index in [9.17, 15) is 26.4 Å². The zero-order chi connectivity index (χ0) is 19.5. The van der Waals surface area contributed by atoms with Crippen molar-refractivity contribution in [2.45, 2.75) is 49.3 Å². The van der Waals surface area contributed by atoms with Gasteiger partial charge in [-0.05, 0) is 37.1 Å².